The van der Waals surface area contributed by atoms with Gasteiger partial charge in [-0.25, -0.2) is 5.43 Å². The molecule has 0 saturated carbocycles. The maximum atomic E-state index is 6.32. The van der Waals surface area contributed by atoms with Gasteiger partial charge in [0, 0.05) is 24.9 Å². The maximum absolute atomic E-state index is 6.32. The molecule has 0 radical (unpaired) electrons. The molecule has 0 saturated heterocycles. The molecule has 1 unspecified atom stereocenters. The summed E-state index contributed by atoms with van der Waals surface area (Å²) in [5.74, 6) is 0. The number of halogens is 2. The number of nitrogens with zero attached hydrogens (tertiary/aromatic N) is 1. The van der Waals surface area contributed by atoms with Gasteiger partial charge in [-0.05, 0) is 35.8 Å². The lowest BCUT2D eigenvalue weighted by atomic mass is 10.1. The van der Waals surface area contributed by atoms with Gasteiger partial charge in [0.2, 0.25) is 0 Å². The number of benzene rings is 2. The number of ether oxygens (including phenoxy) is 2. The van der Waals surface area contributed by atoms with Crippen molar-refractivity contribution in [2.24, 2.45) is 0 Å². The quantitative estimate of drug-likeness (QED) is 0.697. The first-order valence-electron chi connectivity index (χ1n) is 8.49. The van der Waals surface area contributed by atoms with Gasteiger partial charge in [-0.3, -0.25) is 5.01 Å². The Balaban J connectivity index is 1.67. The minimum Gasteiger partial charge on any atom is -0.385 e. The highest BCUT2D eigenvalue weighted by molar-refractivity contribution is 6.33. The third-order valence-corrected chi connectivity index (χ3v) is 4.93. The van der Waals surface area contributed by atoms with Crippen molar-refractivity contribution in [3.8, 4) is 0 Å². The van der Waals surface area contributed by atoms with Gasteiger partial charge in [-0.2, -0.15) is 0 Å². The molecule has 0 fully saturated rings. The monoisotopic (exact) mass is 392 g/mol. The zero-order valence-corrected chi connectivity index (χ0v) is 16.1. The molecule has 1 aliphatic rings. The molecule has 1 heterocycles. The van der Waals surface area contributed by atoms with E-state index < -0.39 is 0 Å². The van der Waals surface area contributed by atoms with Crippen molar-refractivity contribution in [3.05, 3.63) is 75.9 Å². The van der Waals surface area contributed by atoms with E-state index in [-0.39, 0.29) is 6.04 Å². The Morgan fingerprint density at radius 1 is 1.00 bits per heavy atom. The van der Waals surface area contributed by atoms with Crippen LogP contribution in [0.2, 0.25) is 10.0 Å². The molecular weight excluding hydrogens is 371 g/mol. The van der Waals surface area contributed by atoms with Gasteiger partial charge >= 0.3 is 0 Å². The van der Waals surface area contributed by atoms with E-state index in [1.165, 1.54) is 0 Å². The molecular formula is C20H22Cl2N2O2. The molecule has 1 atom stereocenters. The van der Waals surface area contributed by atoms with Gasteiger partial charge in [-0.15, -0.1) is 0 Å². The van der Waals surface area contributed by atoms with Crippen molar-refractivity contribution in [3.63, 3.8) is 0 Å². The zero-order valence-electron chi connectivity index (χ0n) is 14.6. The summed E-state index contributed by atoms with van der Waals surface area (Å²) in [4.78, 5) is 0. The van der Waals surface area contributed by atoms with Crippen LogP contribution >= 0.6 is 23.2 Å². The topological polar surface area (TPSA) is 33.7 Å². The SMILES string of the molecule is COCCC1NN(c2ccccc2Cl)C=C1COCc1ccccc1Cl. The van der Waals surface area contributed by atoms with Crippen molar-refractivity contribution < 1.29 is 9.47 Å². The van der Waals surface area contributed by atoms with E-state index in [0.717, 1.165) is 28.3 Å². The van der Waals surface area contributed by atoms with Crippen LogP contribution in [0.25, 0.3) is 0 Å². The number of para-hydroxylation sites is 1. The smallest absolute Gasteiger partial charge is 0.0757 e. The highest BCUT2D eigenvalue weighted by Crippen LogP contribution is 2.29. The van der Waals surface area contributed by atoms with Gasteiger partial charge < -0.3 is 9.47 Å². The fraction of sp³-hybridized carbons (Fsp3) is 0.300. The Morgan fingerprint density at radius 3 is 2.46 bits per heavy atom. The molecule has 0 bridgehead atoms. The molecule has 2 aromatic rings. The van der Waals surface area contributed by atoms with Crippen LogP contribution in [0, 0.1) is 0 Å². The summed E-state index contributed by atoms with van der Waals surface area (Å²) in [7, 11) is 1.71. The first-order valence-corrected chi connectivity index (χ1v) is 9.25. The standard InChI is InChI=1S/C20H22Cl2N2O2/c1-25-11-10-19-16(14-26-13-15-6-2-3-7-17(15)21)12-24(23-19)20-9-5-4-8-18(20)22/h2-9,12,19,23H,10-11,13-14H2,1H3. The second-order valence-electron chi connectivity index (χ2n) is 6.07. The normalized spacial score (nSPS) is 16.8. The molecule has 1 N–H and O–H groups in total. The lowest BCUT2D eigenvalue weighted by Crippen LogP contribution is -2.37. The zero-order chi connectivity index (χ0) is 18.4. The van der Waals surface area contributed by atoms with Crippen LogP contribution in [0.4, 0.5) is 5.69 Å². The first kappa shape index (κ1) is 19.2. The Bertz CT molecular complexity index is 767. The van der Waals surface area contributed by atoms with Gasteiger partial charge in [0.25, 0.3) is 0 Å². The molecule has 1 aliphatic heterocycles. The summed E-state index contributed by atoms with van der Waals surface area (Å²) in [6, 6.07) is 15.6. The predicted octanol–water partition coefficient (Wildman–Crippen LogP) is 4.82. The number of nitrogens with one attached hydrogen (secondary N) is 1. The average molecular weight is 393 g/mol. The van der Waals surface area contributed by atoms with Crippen molar-refractivity contribution in [2.75, 3.05) is 25.3 Å². The fourth-order valence-corrected chi connectivity index (χ4v) is 3.26. The maximum Gasteiger partial charge on any atom is 0.0757 e. The lowest BCUT2D eigenvalue weighted by Gasteiger charge is -2.21. The van der Waals surface area contributed by atoms with E-state index in [0.29, 0.717) is 24.8 Å². The molecule has 138 valence electrons. The van der Waals surface area contributed by atoms with Crippen molar-refractivity contribution >= 4 is 28.9 Å². The molecule has 0 spiro atoms. The summed E-state index contributed by atoms with van der Waals surface area (Å²) in [6.45, 7) is 1.64. The number of hydrogen-bond donors (Lipinski definition) is 1. The summed E-state index contributed by atoms with van der Waals surface area (Å²) < 4.78 is 11.2. The second-order valence-corrected chi connectivity index (χ2v) is 6.89. The minimum absolute atomic E-state index is 0.137. The predicted molar refractivity (Wildman–Crippen MR) is 107 cm³/mol. The molecule has 3 rings (SSSR count). The Morgan fingerprint density at radius 2 is 1.73 bits per heavy atom. The van der Waals surface area contributed by atoms with Crippen LogP contribution in [0.1, 0.15) is 12.0 Å². The minimum atomic E-state index is 0.137. The third-order valence-electron chi connectivity index (χ3n) is 4.24. The van der Waals surface area contributed by atoms with Gasteiger partial charge in [0.05, 0.1) is 30.0 Å². The van der Waals surface area contributed by atoms with Crippen LogP contribution in [0.3, 0.4) is 0 Å². The summed E-state index contributed by atoms with van der Waals surface area (Å²) in [6.07, 6.45) is 2.90. The number of methoxy groups -OCH3 is 1. The second kappa shape index (κ2) is 9.40. The third kappa shape index (κ3) is 4.78. The van der Waals surface area contributed by atoms with Crippen LogP contribution in [0.5, 0.6) is 0 Å². The Labute approximate surface area is 164 Å². The van der Waals surface area contributed by atoms with E-state index in [1.807, 2.05) is 59.7 Å². The largest absolute Gasteiger partial charge is 0.385 e. The Kier molecular flexibility index (Phi) is 6.94. The highest BCUT2D eigenvalue weighted by Gasteiger charge is 2.25. The van der Waals surface area contributed by atoms with E-state index in [9.17, 15) is 0 Å². The van der Waals surface area contributed by atoms with Gasteiger partial charge in [-0.1, -0.05) is 53.5 Å². The average Bonchev–Trinajstić information content (AvgIpc) is 3.05. The van der Waals surface area contributed by atoms with Crippen molar-refractivity contribution in [1.29, 1.82) is 0 Å². The molecule has 0 aliphatic carbocycles. The molecule has 0 amide bonds. The van der Waals surface area contributed by atoms with E-state index in [4.69, 9.17) is 32.7 Å². The van der Waals surface area contributed by atoms with Crippen LogP contribution in [0.15, 0.2) is 60.3 Å². The number of rotatable bonds is 8. The van der Waals surface area contributed by atoms with Crippen LogP contribution in [-0.2, 0) is 16.1 Å². The molecule has 0 aromatic heterocycles. The van der Waals surface area contributed by atoms with E-state index >= 15 is 0 Å². The van der Waals surface area contributed by atoms with Crippen molar-refractivity contribution in [2.45, 2.75) is 19.1 Å². The molecule has 4 nitrogen and oxygen atoms in total. The summed E-state index contributed by atoms with van der Waals surface area (Å²) in [5.41, 5.74) is 6.51. The number of hydrazine groups is 1. The number of hydrogen-bond acceptors (Lipinski definition) is 4. The lowest BCUT2D eigenvalue weighted by molar-refractivity contribution is 0.135. The Hall–Kier alpha value is -1.56. The van der Waals surface area contributed by atoms with Crippen molar-refractivity contribution in [1.82, 2.24) is 5.43 Å². The molecule has 6 heteroatoms. The number of anilines is 1. The molecule has 2 aromatic carbocycles. The summed E-state index contributed by atoms with van der Waals surface area (Å²) >= 11 is 12.5. The van der Waals surface area contributed by atoms with E-state index in [1.54, 1.807) is 7.11 Å². The van der Waals surface area contributed by atoms with E-state index in [2.05, 4.69) is 5.43 Å². The van der Waals surface area contributed by atoms with Gasteiger partial charge in [0.15, 0.2) is 0 Å². The molecule has 26 heavy (non-hydrogen) atoms. The van der Waals surface area contributed by atoms with Gasteiger partial charge in [0.1, 0.15) is 0 Å². The fourth-order valence-electron chi connectivity index (χ4n) is 2.85. The summed E-state index contributed by atoms with van der Waals surface area (Å²) in [5, 5.41) is 3.37. The first-order chi connectivity index (χ1) is 12.7. The highest BCUT2D eigenvalue weighted by atomic mass is 35.5. The van der Waals surface area contributed by atoms with Crippen LogP contribution in [-0.4, -0.2) is 26.4 Å². The van der Waals surface area contributed by atoms with Crippen LogP contribution < -0.4 is 10.4 Å².